The van der Waals surface area contributed by atoms with Gasteiger partial charge < -0.3 is 0 Å². The summed E-state index contributed by atoms with van der Waals surface area (Å²) in [5.41, 5.74) is 0. The third-order valence-corrected chi connectivity index (χ3v) is 6.84. The topological polar surface area (TPSA) is 50.3 Å². The molecule has 2 heterocycles. The molecule has 2 fully saturated rings. The van der Waals surface area contributed by atoms with E-state index in [2.05, 4.69) is 20.9 Å². The number of pyridine rings is 1. The van der Waals surface area contributed by atoms with E-state index in [-0.39, 0.29) is 0 Å². The lowest BCUT2D eigenvalue weighted by molar-refractivity contribution is 0.136. The quantitative estimate of drug-likeness (QED) is 0.816. The van der Waals surface area contributed by atoms with Gasteiger partial charge in [0.2, 0.25) is 10.0 Å². The summed E-state index contributed by atoms with van der Waals surface area (Å²) in [6.45, 7) is 1.33. The molecule has 0 aromatic carbocycles. The zero-order valence-corrected chi connectivity index (χ0v) is 13.7. The first kappa shape index (κ1) is 14.5. The summed E-state index contributed by atoms with van der Waals surface area (Å²) in [4.78, 5) is 4.27. The van der Waals surface area contributed by atoms with Crippen LogP contribution in [0.2, 0.25) is 0 Å². The van der Waals surface area contributed by atoms with Crippen molar-refractivity contribution in [3.8, 4) is 0 Å². The molecule has 2 atom stereocenters. The number of hydrogen-bond donors (Lipinski definition) is 0. The van der Waals surface area contributed by atoms with Crippen molar-refractivity contribution in [2.75, 3.05) is 13.1 Å². The van der Waals surface area contributed by atoms with Crippen molar-refractivity contribution in [3.63, 3.8) is 0 Å². The predicted octanol–water partition coefficient (Wildman–Crippen LogP) is 3.04. The maximum absolute atomic E-state index is 12.7. The van der Waals surface area contributed by atoms with E-state index < -0.39 is 10.0 Å². The van der Waals surface area contributed by atoms with Crippen molar-refractivity contribution in [2.45, 2.75) is 37.0 Å². The minimum absolute atomic E-state index is 0.293. The summed E-state index contributed by atoms with van der Waals surface area (Å²) < 4.78 is 27.7. The maximum Gasteiger partial charge on any atom is 0.244 e. The molecule has 1 aliphatic heterocycles. The van der Waals surface area contributed by atoms with Crippen molar-refractivity contribution >= 4 is 26.0 Å². The molecule has 2 unspecified atom stereocenters. The van der Waals surface area contributed by atoms with Crippen LogP contribution >= 0.6 is 15.9 Å². The van der Waals surface area contributed by atoms with Gasteiger partial charge in [-0.1, -0.05) is 19.3 Å². The Morgan fingerprint density at radius 1 is 1.15 bits per heavy atom. The smallest absolute Gasteiger partial charge is 0.244 e. The van der Waals surface area contributed by atoms with Gasteiger partial charge in [-0.2, -0.15) is 4.31 Å². The number of halogens is 1. The number of nitrogens with zero attached hydrogens (tertiary/aromatic N) is 2. The standard InChI is InChI=1S/C14H19BrN2O2S/c15-13-7-14(9-16-8-13)20(18,19)17-6-5-11-3-1-2-4-12(11)10-17/h7-9,11-12H,1-6,10H2. The molecule has 110 valence electrons. The highest BCUT2D eigenvalue weighted by Gasteiger charge is 2.36. The van der Waals surface area contributed by atoms with E-state index in [1.165, 1.54) is 31.9 Å². The Balaban J connectivity index is 1.81. The largest absolute Gasteiger partial charge is 0.262 e. The van der Waals surface area contributed by atoms with Crippen LogP contribution in [0.3, 0.4) is 0 Å². The van der Waals surface area contributed by atoms with Crippen LogP contribution < -0.4 is 0 Å². The van der Waals surface area contributed by atoms with E-state index >= 15 is 0 Å². The van der Waals surface area contributed by atoms with Crippen LogP contribution in [-0.4, -0.2) is 30.8 Å². The molecule has 2 aliphatic rings. The molecule has 1 aromatic rings. The van der Waals surface area contributed by atoms with Crippen LogP contribution in [0.15, 0.2) is 27.8 Å². The van der Waals surface area contributed by atoms with Gasteiger partial charge in [0.05, 0.1) is 0 Å². The van der Waals surface area contributed by atoms with Gasteiger partial charge in [0, 0.05) is 30.0 Å². The van der Waals surface area contributed by atoms with Gasteiger partial charge in [-0.25, -0.2) is 8.42 Å². The normalized spacial score (nSPS) is 28.1. The van der Waals surface area contributed by atoms with E-state index in [1.807, 2.05) is 0 Å². The molecule has 1 aromatic heterocycles. The summed E-state index contributed by atoms with van der Waals surface area (Å²) in [5, 5.41) is 0. The first-order chi connectivity index (χ1) is 9.57. The Labute approximate surface area is 128 Å². The summed E-state index contributed by atoms with van der Waals surface area (Å²) in [6, 6.07) is 1.63. The fourth-order valence-electron chi connectivity index (χ4n) is 3.47. The Morgan fingerprint density at radius 2 is 1.90 bits per heavy atom. The summed E-state index contributed by atoms with van der Waals surface area (Å²) in [5.74, 6) is 1.28. The van der Waals surface area contributed by atoms with Gasteiger partial charge in [-0.15, -0.1) is 0 Å². The molecule has 1 aliphatic carbocycles. The molecule has 0 bridgehead atoms. The van der Waals surface area contributed by atoms with Crippen LogP contribution in [0.4, 0.5) is 0 Å². The molecular formula is C14H19BrN2O2S. The SMILES string of the molecule is O=S(=O)(c1cncc(Br)c1)N1CCC2CCCCC2C1. The minimum atomic E-state index is -3.39. The molecule has 4 nitrogen and oxygen atoms in total. The van der Waals surface area contributed by atoms with E-state index in [0.29, 0.717) is 28.4 Å². The second-order valence-electron chi connectivity index (χ2n) is 5.80. The van der Waals surface area contributed by atoms with Gasteiger partial charge in [0.25, 0.3) is 0 Å². The third-order valence-electron chi connectivity index (χ3n) is 4.57. The predicted molar refractivity (Wildman–Crippen MR) is 80.8 cm³/mol. The number of hydrogen-bond acceptors (Lipinski definition) is 3. The minimum Gasteiger partial charge on any atom is -0.262 e. The summed E-state index contributed by atoms with van der Waals surface area (Å²) in [6.07, 6.45) is 9.05. The van der Waals surface area contributed by atoms with Crippen LogP contribution in [0, 0.1) is 11.8 Å². The molecule has 1 saturated carbocycles. The maximum atomic E-state index is 12.7. The number of rotatable bonds is 2. The third kappa shape index (κ3) is 2.78. The Kier molecular flexibility index (Phi) is 4.15. The van der Waals surface area contributed by atoms with Gasteiger partial charge in [-0.05, 0) is 46.7 Å². The summed E-state index contributed by atoms with van der Waals surface area (Å²) in [7, 11) is -3.39. The van der Waals surface area contributed by atoms with Crippen molar-refractivity contribution in [2.24, 2.45) is 11.8 Å². The zero-order chi connectivity index (χ0) is 14.2. The van der Waals surface area contributed by atoms with Crippen LogP contribution in [0.1, 0.15) is 32.1 Å². The highest BCUT2D eigenvalue weighted by Crippen LogP contribution is 2.37. The fourth-order valence-corrected chi connectivity index (χ4v) is 5.49. The van der Waals surface area contributed by atoms with Crippen LogP contribution in [0.5, 0.6) is 0 Å². The van der Waals surface area contributed by atoms with Crippen molar-refractivity contribution in [1.29, 1.82) is 0 Å². The molecule has 6 heteroatoms. The Morgan fingerprint density at radius 3 is 2.65 bits per heavy atom. The van der Waals surface area contributed by atoms with E-state index in [1.54, 1.807) is 16.6 Å². The van der Waals surface area contributed by atoms with Crippen LogP contribution in [0.25, 0.3) is 0 Å². The number of piperidine rings is 1. The second-order valence-corrected chi connectivity index (χ2v) is 8.65. The molecule has 0 N–H and O–H groups in total. The average Bonchev–Trinajstić information content (AvgIpc) is 2.46. The molecule has 0 radical (unpaired) electrons. The summed E-state index contributed by atoms with van der Waals surface area (Å²) >= 11 is 3.29. The fraction of sp³-hybridized carbons (Fsp3) is 0.643. The monoisotopic (exact) mass is 358 g/mol. The van der Waals surface area contributed by atoms with Crippen molar-refractivity contribution in [1.82, 2.24) is 9.29 Å². The van der Waals surface area contributed by atoms with Gasteiger partial charge >= 0.3 is 0 Å². The number of fused-ring (bicyclic) bond motifs is 1. The molecule has 20 heavy (non-hydrogen) atoms. The van der Waals surface area contributed by atoms with E-state index in [0.717, 1.165) is 12.3 Å². The Bertz CT molecular complexity index is 591. The molecule has 3 rings (SSSR count). The molecule has 0 amide bonds. The first-order valence-corrected chi connectivity index (χ1v) is 9.41. The van der Waals surface area contributed by atoms with E-state index in [4.69, 9.17) is 0 Å². The molecule has 1 saturated heterocycles. The second kappa shape index (κ2) is 5.73. The number of aromatic nitrogens is 1. The highest BCUT2D eigenvalue weighted by molar-refractivity contribution is 9.10. The van der Waals surface area contributed by atoms with Crippen LogP contribution in [-0.2, 0) is 10.0 Å². The Hall–Kier alpha value is -0.460. The zero-order valence-electron chi connectivity index (χ0n) is 11.3. The molecule has 0 spiro atoms. The van der Waals surface area contributed by atoms with Gasteiger partial charge in [0.15, 0.2) is 0 Å². The van der Waals surface area contributed by atoms with Gasteiger partial charge in [0.1, 0.15) is 4.90 Å². The lowest BCUT2D eigenvalue weighted by atomic mass is 9.76. The average molecular weight is 359 g/mol. The highest BCUT2D eigenvalue weighted by atomic mass is 79.9. The number of sulfonamides is 1. The van der Waals surface area contributed by atoms with Crippen molar-refractivity contribution in [3.05, 3.63) is 22.9 Å². The first-order valence-electron chi connectivity index (χ1n) is 7.18. The van der Waals surface area contributed by atoms with Gasteiger partial charge in [-0.3, -0.25) is 4.98 Å². The molecular weight excluding hydrogens is 340 g/mol. The lowest BCUT2D eigenvalue weighted by Gasteiger charge is -2.40. The van der Waals surface area contributed by atoms with E-state index in [9.17, 15) is 8.42 Å². The van der Waals surface area contributed by atoms with Crippen molar-refractivity contribution < 1.29 is 8.42 Å². The lowest BCUT2D eigenvalue weighted by Crippen LogP contribution is -2.44.